The minimum atomic E-state index is 0.0791. The summed E-state index contributed by atoms with van der Waals surface area (Å²) in [6.45, 7) is 4.66. The smallest absolute Gasteiger partial charge is 0.253 e. The van der Waals surface area contributed by atoms with E-state index in [1.807, 2.05) is 94.7 Å². The summed E-state index contributed by atoms with van der Waals surface area (Å²) in [7, 11) is 0. The molecule has 33 heavy (non-hydrogen) atoms. The lowest BCUT2D eigenvalue weighted by atomic mass is 10.0. The van der Waals surface area contributed by atoms with Gasteiger partial charge in [0.05, 0.1) is 0 Å². The van der Waals surface area contributed by atoms with Gasteiger partial charge in [0, 0.05) is 67.8 Å². The zero-order valence-electron chi connectivity index (χ0n) is 18.6. The Morgan fingerprint density at radius 2 is 1.12 bits per heavy atom. The van der Waals surface area contributed by atoms with Crippen LogP contribution < -0.4 is 5.32 Å². The van der Waals surface area contributed by atoms with E-state index < -0.39 is 0 Å². The van der Waals surface area contributed by atoms with E-state index in [1.165, 1.54) is 0 Å². The summed E-state index contributed by atoms with van der Waals surface area (Å²) >= 11 is 0. The molecule has 3 aromatic rings. The van der Waals surface area contributed by atoms with E-state index in [-0.39, 0.29) is 11.8 Å². The number of nitrogens with zero attached hydrogens (tertiary/aromatic N) is 3. The second-order valence-corrected chi connectivity index (χ2v) is 8.63. The predicted molar refractivity (Wildman–Crippen MR) is 130 cm³/mol. The third-order valence-electron chi connectivity index (χ3n) is 6.48. The topological polar surface area (TPSA) is 55.9 Å². The van der Waals surface area contributed by atoms with Crippen molar-refractivity contribution in [2.24, 2.45) is 0 Å². The average molecular weight is 441 g/mol. The van der Waals surface area contributed by atoms with Crippen molar-refractivity contribution in [1.82, 2.24) is 14.7 Å². The minimum absolute atomic E-state index is 0.0791. The molecule has 0 aliphatic carbocycles. The highest BCUT2D eigenvalue weighted by Gasteiger charge is 2.36. The molecule has 0 atom stereocenters. The molecule has 2 saturated heterocycles. The van der Waals surface area contributed by atoms with E-state index in [1.54, 1.807) is 0 Å². The normalized spacial score (nSPS) is 16.8. The van der Waals surface area contributed by atoms with Gasteiger partial charge in [-0.3, -0.25) is 14.5 Å². The van der Waals surface area contributed by atoms with E-state index in [4.69, 9.17) is 0 Å². The molecule has 0 spiro atoms. The van der Waals surface area contributed by atoms with Crippen LogP contribution in [0, 0.1) is 0 Å². The lowest BCUT2D eigenvalue weighted by molar-refractivity contribution is 0.00854. The Balaban J connectivity index is 1.09. The first kappa shape index (κ1) is 21.2. The zero-order valence-corrected chi connectivity index (χ0v) is 18.6. The maximum Gasteiger partial charge on any atom is 0.253 e. The quantitative estimate of drug-likeness (QED) is 0.657. The second kappa shape index (κ2) is 9.46. The maximum absolute atomic E-state index is 12.9. The predicted octanol–water partition coefficient (Wildman–Crippen LogP) is 3.71. The SMILES string of the molecule is O=C(c1ccccc1)N1CCN(C2CN(C(=O)c3ccc(Nc4ccccc4)cc3)C2)CC1. The van der Waals surface area contributed by atoms with Crippen LogP contribution in [0.3, 0.4) is 0 Å². The van der Waals surface area contributed by atoms with E-state index in [2.05, 4.69) is 10.2 Å². The molecule has 6 nitrogen and oxygen atoms in total. The Hall–Kier alpha value is -3.64. The summed E-state index contributed by atoms with van der Waals surface area (Å²) in [5, 5.41) is 3.34. The second-order valence-electron chi connectivity index (χ2n) is 8.63. The molecule has 0 saturated carbocycles. The van der Waals surface area contributed by atoms with Crippen LogP contribution in [0.2, 0.25) is 0 Å². The minimum Gasteiger partial charge on any atom is -0.356 e. The lowest BCUT2D eigenvalue weighted by Crippen LogP contribution is -2.64. The monoisotopic (exact) mass is 440 g/mol. The summed E-state index contributed by atoms with van der Waals surface area (Å²) in [5.41, 5.74) is 3.44. The van der Waals surface area contributed by atoms with Gasteiger partial charge in [0.25, 0.3) is 11.8 Å². The number of hydrogen-bond acceptors (Lipinski definition) is 4. The molecule has 0 radical (unpaired) electrons. The van der Waals surface area contributed by atoms with Crippen molar-refractivity contribution in [3.05, 3.63) is 96.1 Å². The van der Waals surface area contributed by atoms with Gasteiger partial charge in [-0.05, 0) is 48.5 Å². The van der Waals surface area contributed by atoms with Crippen LogP contribution in [0.1, 0.15) is 20.7 Å². The summed E-state index contributed by atoms with van der Waals surface area (Å²) in [6.07, 6.45) is 0. The van der Waals surface area contributed by atoms with Crippen molar-refractivity contribution in [3.63, 3.8) is 0 Å². The fraction of sp³-hybridized carbons (Fsp3) is 0.259. The molecule has 168 valence electrons. The fourth-order valence-electron chi connectivity index (χ4n) is 4.47. The number of rotatable bonds is 5. The van der Waals surface area contributed by atoms with Gasteiger partial charge in [-0.2, -0.15) is 0 Å². The van der Waals surface area contributed by atoms with Crippen LogP contribution in [0.15, 0.2) is 84.9 Å². The number of anilines is 2. The molecule has 6 heteroatoms. The van der Waals surface area contributed by atoms with Crippen LogP contribution >= 0.6 is 0 Å². The molecule has 2 aliphatic heterocycles. The van der Waals surface area contributed by atoms with E-state index >= 15 is 0 Å². The molecular weight excluding hydrogens is 412 g/mol. The van der Waals surface area contributed by atoms with Crippen LogP contribution in [0.25, 0.3) is 0 Å². The number of likely N-dealkylation sites (tertiary alicyclic amines) is 1. The standard InChI is InChI=1S/C27H28N4O2/c32-26(21-7-3-1-4-8-21)30-17-15-29(16-18-30)25-19-31(20-25)27(33)22-11-13-24(14-12-22)28-23-9-5-2-6-10-23/h1-14,25,28H,15-20H2. The first-order chi connectivity index (χ1) is 16.2. The van der Waals surface area contributed by atoms with Gasteiger partial charge in [0.1, 0.15) is 0 Å². The molecule has 1 N–H and O–H groups in total. The van der Waals surface area contributed by atoms with Crippen LogP contribution in [0.4, 0.5) is 11.4 Å². The van der Waals surface area contributed by atoms with Gasteiger partial charge in [0.2, 0.25) is 0 Å². The molecular formula is C27H28N4O2. The highest BCUT2D eigenvalue weighted by molar-refractivity contribution is 5.95. The highest BCUT2D eigenvalue weighted by atomic mass is 16.2. The number of carbonyl (C=O) groups excluding carboxylic acids is 2. The molecule has 0 unspecified atom stereocenters. The van der Waals surface area contributed by atoms with Gasteiger partial charge in [0.15, 0.2) is 0 Å². The fourth-order valence-corrected chi connectivity index (χ4v) is 4.47. The molecule has 0 bridgehead atoms. The van der Waals surface area contributed by atoms with Crippen LogP contribution in [-0.2, 0) is 0 Å². The third-order valence-corrected chi connectivity index (χ3v) is 6.48. The number of hydrogen-bond donors (Lipinski definition) is 1. The number of benzene rings is 3. The average Bonchev–Trinajstić information content (AvgIpc) is 2.85. The van der Waals surface area contributed by atoms with Gasteiger partial charge in [-0.15, -0.1) is 0 Å². The molecule has 3 aromatic carbocycles. The molecule has 2 aliphatic rings. The molecule has 5 rings (SSSR count). The molecule has 2 fully saturated rings. The van der Waals surface area contributed by atoms with Crippen LogP contribution in [-0.4, -0.2) is 71.8 Å². The number of nitrogens with one attached hydrogen (secondary N) is 1. The Labute approximate surface area is 194 Å². The van der Waals surface area contributed by atoms with E-state index in [0.29, 0.717) is 11.6 Å². The Kier molecular flexibility index (Phi) is 6.09. The van der Waals surface area contributed by atoms with Gasteiger partial charge < -0.3 is 15.1 Å². The zero-order chi connectivity index (χ0) is 22.6. The Morgan fingerprint density at radius 3 is 1.76 bits per heavy atom. The van der Waals surface area contributed by atoms with Crippen molar-refractivity contribution < 1.29 is 9.59 Å². The van der Waals surface area contributed by atoms with Crippen molar-refractivity contribution >= 4 is 23.2 Å². The first-order valence-electron chi connectivity index (χ1n) is 11.5. The van der Waals surface area contributed by atoms with Crippen molar-refractivity contribution in [2.45, 2.75) is 6.04 Å². The first-order valence-corrected chi connectivity index (χ1v) is 11.5. The molecule has 0 aromatic heterocycles. The number of amides is 2. The summed E-state index contributed by atoms with van der Waals surface area (Å²) < 4.78 is 0. The van der Waals surface area contributed by atoms with Crippen molar-refractivity contribution in [1.29, 1.82) is 0 Å². The van der Waals surface area contributed by atoms with E-state index in [9.17, 15) is 9.59 Å². The van der Waals surface area contributed by atoms with Crippen molar-refractivity contribution in [3.8, 4) is 0 Å². The molecule has 2 heterocycles. The third kappa shape index (κ3) is 4.76. The summed E-state index contributed by atoms with van der Waals surface area (Å²) in [6, 6.07) is 27.5. The van der Waals surface area contributed by atoms with Crippen LogP contribution in [0.5, 0.6) is 0 Å². The number of piperazine rings is 1. The van der Waals surface area contributed by atoms with E-state index in [0.717, 1.165) is 56.2 Å². The van der Waals surface area contributed by atoms with Crippen molar-refractivity contribution in [2.75, 3.05) is 44.6 Å². The number of para-hydroxylation sites is 1. The summed E-state index contributed by atoms with van der Waals surface area (Å²) in [4.78, 5) is 31.7. The van der Waals surface area contributed by atoms with Gasteiger partial charge in [-0.25, -0.2) is 0 Å². The molecule has 2 amide bonds. The number of carbonyl (C=O) groups is 2. The van der Waals surface area contributed by atoms with Gasteiger partial charge in [-0.1, -0.05) is 36.4 Å². The van der Waals surface area contributed by atoms with Gasteiger partial charge >= 0.3 is 0 Å². The lowest BCUT2D eigenvalue weighted by Gasteiger charge is -2.48. The maximum atomic E-state index is 12.9. The highest BCUT2D eigenvalue weighted by Crippen LogP contribution is 2.22. The summed E-state index contributed by atoms with van der Waals surface area (Å²) in [5.74, 6) is 0.182. The Morgan fingerprint density at radius 1 is 0.606 bits per heavy atom. The Bertz CT molecular complexity index is 1090. The largest absolute Gasteiger partial charge is 0.356 e.